The van der Waals surface area contributed by atoms with Crippen LogP contribution in [0.15, 0.2) is 22.7 Å². The fraction of sp³-hybridized carbons (Fsp3) is 0.333. The van der Waals surface area contributed by atoms with Gasteiger partial charge in [-0.05, 0) is 40.7 Å². The molecule has 0 aliphatic rings. The van der Waals surface area contributed by atoms with E-state index >= 15 is 0 Å². The van der Waals surface area contributed by atoms with Crippen LogP contribution in [0, 0.1) is 5.82 Å². The molecule has 0 amide bonds. The molecule has 1 aromatic rings. The Hall–Kier alpha value is -0.450. The van der Waals surface area contributed by atoms with Crippen molar-refractivity contribution < 1.29 is 9.50 Å². The maximum atomic E-state index is 13.1. The molecule has 0 spiro atoms. The van der Waals surface area contributed by atoms with Crippen molar-refractivity contribution >= 4 is 15.9 Å². The summed E-state index contributed by atoms with van der Waals surface area (Å²) in [5, 5.41) is 11.8. The lowest BCUT2D eigenvalue weighted by molar-refractivity contribution is 0.250. The van der Waals surface area contributed by atoms with E-state index < -0.39 is 0 Å². The normalized spacial score (nSPS) is 12.9. The highest BCUT2D eigenvalue weighted by molar-refractivity contribution is 9.10. The van der Waals surface area contributed by atoms with Crippen LogP contribution in [-0.4, -0.2) is 18.8 Å². The summed E-state index contributed by atoms with van der Waals surface area (Å²) in [6.07, 6.45) is 0. The second-order valence-electron chi connectivity index (χ2n) is 2.70. The van der Waals surface area contributed by atoms with Crippen LogP contribution < -0.4 is 5.32 Å². The van der Waals surface area contributed by atoms with E-state index in [-0.39, 0.29) is 18.5 Å². The molecule has 0 aliphatic carbocycles. The standard InChI is InChI=1S/C9H11BrFNO/c1-12-9(5-13)6-2-3-7(10)8(11)4-6/h2-4,9,12-13H,5H2,1H3. The average Bonchev–Trinajstić information content (AvgIpc) is 2.13. The SMILES string of the molecule is CNC(CO)c1ccc(Br)c(F)c1. The summed E-state index contributed by atoms with van der Waals surface area (Å²) in [5.41, 5.74) is 0.741. The zero-order valence-corrected chi connectivity index (χ0v) is 8.81. The van der Waals surface area contributed by atoms with Gasteiger partial charge in [0.25, 0.3) is 0 Å². The second kappa shape index (κ2) is 4.69. The van der Waals surface area contributed by atoms with Gasteiger partial charge in [-0.1, -0.05) is 6.07 Å². The Morgan fingerprint density at radius 2 is 2.31 bits per heavy atom. The van der Waals surface area contributed by atoms with Gasteiger partial charge in [0.05, 0.1) is 17.1 Å². The van der Waals surface area contributed by atoms with Gasteiger partial charge in [0.15, 0.2) is 0 Å². The van der Waals surface area contributed by atoms with Crippen LogP contribution in [0.3, 0.4) is 0 Å². The summed E-state index contributed by atoms with van der Waals surface area (Å²) >= 11 is 3.06. The summed E-state index contributed by atoms with van der Waals surface area (Å²) in [6.45, 7) is -0.0441. The highest BCUT2D eigenvalue weighted by Gasteiger charge is 2.09. The molecule has 0 bridgehead atoms. The summed E-state index contributed by atoms with van der Waals surface area (Å²) in [7, 11) is 1.72. The van der Waals surface area contributed by atoms with Gasteiger partial charge >= 0.3 is 0 Å². The smallest absolute Gasteiger partial charge is 0.137 e. The molecule has 1 atom stereocenters. The van der Waals surface area contributed by atoms with E-state index in [1.165, 1.54) is 6.07 Å². The third-order valence-electron chi connectivity index (χ3n) is 1.88. The van der Waals surface area contributed by atoms with E-state index in [0.29, 0.717) is 4.47 Å². The Labute approximate surface area is 84.9 Å². The Bertz CT molecular complexity index is 289. The van der Waals surface area contributed by atoms with Crippen LogP contribution in [-0.2, 0) is 0 Å². The first-order chi connectivity index (χ1) is 6.19. The summed E-state index contributed by atoms with van der Waals surface area (Å²) in [6, 6.07) is 4.60. The van der Waals surface area contributed by atoms with Gasteiger partial charge in [-0.3, -0.25) is 0 Å². The molecule has 1 unspecified atom stereocenters. The minimum atomic E-state index is -0.314. The van der Waals surface area contributed by atoms with Gasteiger partial charge in [0, 0.05) is 0 Å². The Morgan fingerprint density at radius 1 is 1.62 bits per heavy atom. The molecule has 0 aliphatic heterocycles. The average molecular weight is 248 g/mol. The van der Waals surface area contributed by atoms with Crippen molar-refractivity contribution in [3.8, 4) is 0 Å². The number of aliphatic hydroxyl groups excluding tert-OH is 1. The maximum Gasteiger partial charge on any atom is 0.137 e. The van der Waals surface area contributed by atoms with E-state index in [1.807, 2.05) is 0 Å². The van der Waals surface area contributed by atoms with E-state index in [0.717, 1.165) is 5.56 Å². The second-order valence-corrected chi connectivity index (χ2v) is 3.55. The number of rotatable bonds is 3. The fourth-order valence-corrected chi connectivity index (χ4v) is 1.34. The molecular weight excluding hydrogens is 237 g/mol. The molecule has 4 heteroatoms. The topological polar surface area (TPSA) is 32.3 Å². The molecule has 0 aromatic heterocycles. The highest BCUT2D eigenvalue weighted by atomic mass is 79.9. The molecule has 0 saturated carbocycles. The van der Waals surface area contributed by atoms with Crippen LogP contribution in [0.2, 0.25) is 0 Å². The molecule has 2 N–H and O–H groups in total. The van der Waals surface area contributed by atoms with Gasteiger partial charge in [-0.25, -0.2) is 4.39 Å². The van der Waals surface area contributed by atoms with E-state index in [2.05, 4.69) is 21.2 Å². The number of hydrogen-bond donors (Lipinski definition) is 2. The van der Waals surface area contributed by atoms with Crippen LogP contribution >= 0.6 is 15.9 Å². The number of benzene rings is 1. The van der Waals surface area contributed by atoms with Gasteiger partial charge in [-0.15, -0.1) is 0 Å². The first-order valence-electron chi connectivity index (χ1n) is 3.92. The van der Waals surface area contributed by atoms with Crippen LogP contribution in [0.1, 0.15) is 11.6 Å². The minimum Gasteiger partial charge on any atom is -0.394 e. The van der Waals surface area contributed by atoms with Crippen molar-refractivity contribution in [1.82, 2.24) is 5.32 Å². The third kappa shape index (κ3) is 2.49. The Morgan fingerprint density at radius 3 is 2.77 bits per heavy atom. The molecule has 72 valence electrons. The van der Waals surface area contributed by atoms with Crippen LogP contribution in [0.25, 0.3) is 0 Å². The van der Waals surface area contributed by atoms with Gasteiger partial charge in [0.2, 0.25) is 0 Å². The van der Waals surface area contributed by atoms with E-state index in [4.69, 9.17) is 5.11 Å². The molecule has 0 saturated heterocycles. The van der Waals surface area contributed by atoms with Crippen molar-refractivity contribution in [1.29, 1.82) is 0 Å². The first-order valence-corrected chi connectivity index (χ1v) is 4.71. The molecule has 2 nitrogen and oxygen atoms in total. The zero-order chi connectivity index (χ0) is 9.84. The lowest BCUT2D eigenvalue weighted by Gasteiger charge is -2.13. The quantitative estimate of drug-likeness (QED) is 0.855. The zero-order valence-electron chi connectivity index (χ0n) is 7.22. The molecule has 13 heavy (non-hydrogen) atoms. The maximum absolute atomic E-state index is 13.1. The van der Waals surface area contributed by atoms with Gasteiger partial charge < -0.3 is 10.4 Å². The summed E-state index contributed by atoms with van der Waals surface area (Å²) in [4.78, 5) is 0. The predicted molar refractivity (Wildman–Crippen MR) is 53.0 cm³/mol. The number of likely N-dealkylation sites (N-methyl/N-ethyl adjacent to an activating group) is 1. The van der Waals surface area contributed by atoms with Crippen molar-refractivity contribution in [3.05, 3.63) is 34.1 Å². The molecule has 0 heterocycles. The number of aliphatic hydroxyl groups is 1. The van der Waals surface area contributed by atoms with E-state index in [9.17, 15) is 4.39 Å². The summed E-state index contributed by atoms with van der Waals surface area (Å²) < 4.78 is 13.5. The fourth-order valence-electron chi connectivity index (χ4n) is 1.09. The highest BCUT2D eigenvalue weighted by Crippen LogP contribution is 2.20. The number of halogens is 2. The molecule has 1 rings (SSSR count). The van der Waals surface area contributed by atoms with Crippen molar-refractivity contribution in [2.45, 2.75) is 6.04 Å². The molecular formula is C9H11BrFNO. The van der Waals surface area contributed by atoms with Crippen LogP contribution in [0.4, 0.5) is 4.39 Å². The predicted octanol–water partition coefficient (Wildman–Crippen LogP) is 1.84. The van der Waals surface area contributed by atoms with Crippen LogP contribution in [0.5, 0.6) is 0 Å². The third-order valence-corrected chi connectivity index (χ3v) is 2.52. The Balaban J connectivity index is 2.95. The summed E-state index contributed by atoms with van der Waals surface area (Å²) in [5.74, 6) is -0.314. The lowest BCUT2D eigenvalue weighted by atomic mass is 10.1. The first kappa shape index (κ1) is 10.6. The molecule has 0 radical (unpaired) electrons. The van der Waals surface area contributed by atoms with Gasteiger partial charge in [0.1, 0.15) is 5.82 Å². The minimum absolute atomic E-state index is 0.0441. The number of hydrogen-bond acceptors (Lipinski definition) is 2. The largest absolute Gasteiger partial charge is 0.394 e. The molecule has 1 aromatic carbocycles. The number of nitrogens with one attached hydrogen (secondary N) is 1. The van der Waals surface area contributed by atoms with Crippen molar-refractivity contribution in [2.75, 3.05) is 13.7 Å². The monoisotopic (exact) mass is 247 g/mol. The van der Waals surface area contributed by atoms with Crippen molar-refractivity contribution in [3.63, 3.8) is 0 Å². The molecule has 0 fully saturated rings. The Kier molecular flexibility index (Phi) is 3.84. The van der Waals surface area contributed by atoms with Crippen molar-refractivity contribution in [2.24, 2.45) is 0 Å². The van der Waals surface area contributed by atoms with E-state index in [1.54, 1.807) is 19.2 Å². The lowest BCUT2D eigenvalue weighted by Crippen LogP contribution is -2.19. The van der Waals surface area contributed by atoms with Gasteiger partial charge in [-0.2, -0.15) is 0 Å².